The van der Waals surface area contributed by atoms with E-state index in [4.69, 9.17) is 5.73 Å². The van der Waals surface area contributed by atoms with E-state index in [1.54, 1.807) is 16.8 Å². The van der Waals surface area contributed by atoms with Gasteiger partial charge < -0.3 is 10.3 Å². The van der Waals surface area contributed by atoms with Crippen LogP contribution in [0, 0.1) is 11.6 Å². The fourth-order valence-electron chi connectivity index (χ4n) is 2.21. The standard InChI is InChI=1S/C15H12F2N2/c16-13-2-1-3-14(17)12(13)9-19-7-6-10-8-11(18)4-5-15(10)19/h1-8H,9,18H2. The van der Waals surface area contributed by atoms with E-state index >= 15 is 0 Å². The molecule has 0 saturated carbocycles. The Balaban J connectivity index is 2.06. The van der Waals surface area contributed by atoms with Crippen molar-refractivity contribution < 1.29 is 8.78 Å². The zero-order chi connectivity index (χ0) is 13.4. The van der Waals surface area contributed by atoms with Crippen LogP contribution >= 0.6 is 0 Å². The molecule has 19 heavy (non-hydrogen) atoms. The Labute approximate surface area is 109 Å². The first-order valence-corrected chi connectivity index (χ1v) is 5.92. The van der Waals surface area contributed by atoms with Gasteiger partial charge in [-0.3, -0.25) is 0 Å². The van der Waals surface area contributed by atoms with E-state index in [9.17, 15) is 8.78 Å². The smallest absolute Gasteiger partial charge is 0.131 e. The van der Waals surface area contributed by atoms with Crippen molar-refractivity contribution in [1.29, 1.82) is 0 Å². The lowest BCUT2D eigenvalue weighted by molar-refractivity contribution is 0.547. The second kappa shape index (κ2) is 4.39. The molecule has 0 saturated heterocycles. The summed E-state index contributed by atoms with van der Waals surface area (Å²) >= 11 is 0. The van der Waals surface area contributed by atoms with E-state index in [0.29, 0.717) is 5.69 Å². The molecule has 0 bridgehead atoms. The van der Waals surface area contributed by atoms with Gasteiger partial charge in [0.15, 0.2) is 0 Å². The third-order valence-electron chi connectivity index (χ3n) is 3.19. The van der Waals surface area contributed by atoms with Crippen molar-refractivity contribution in [1.82, 2.24) is 4.57 Å². The van der Waals surface area contributed by atoms with Crippen LogP contribution in [-0.2, 0) is 6.54 Å². The molecule has 0 atom stereocenters. The lowest BCUT2D eigenvalue weighted by atomic mass is 10.2. The minimum Gasteiger partial charge on any atom is -0.399 e. The molecule has 0 aliphatic rings. The molecule has 1 heterocycles. The lowest BCUT2D eigenvalue weighted by Gasteiger charge is -2.08. The highest BCUT2D eigenvalue weighted by Gasteiger charge is 2.10. The van der Waals surface area contributed by atoms with Crippen molar-refractivity contribution in [2.45, 2.75) is 6.54 Å². The third kappa shape index (κ3) is 2.05. The maximum atomic E-state index is 13.6. The molecule has 0 fully saturated rings. The quantitative estimate of drug-likeness (QED) is 0.700. The second-order valence-corrected chi connectivity index (χ2v) is 4.46. The van der Waals surface area contributed by atoms with Gasteiger partial charge in [0.2, 0.25) is 0 Å². The maximum Gasteiger partial charge on any atom is 0.131 e. The number of anilines is 1. The van der Waals surface area contributed by atoms with Crippen LogP contribution < -0.4 is 5.73 Å². The van der Waals surface area contributed by atoms with Gasteiger partial charge in [0.25, 0.3) is 0 Å². The zero-order valence-electron chi connectivity index (χ0n) is 10.1. The molecule has 2 aromatic carbocycles. The Morgan fingerprint density at radius 1 is 1.00 bits per heavy atom. The molecule has 2 N–H and O–H groups in total. The first-order valence-electron chi connectivity index (χ1n) is 5.92. The molecule has 96 valence electrons. The number of nitrogen functional groups attached to an aromatic ring is 1. The van der Waals surface area contributed by atoms with Gasteiger partial charge in [-0.1, -0.05) is 6.07 Å². The van der Waals surface area contributed by atoms with Gasteiger partial charge in [-0.2, -0.15) is 0 Å². The van der Waals surface area contributed by atoms with Crippen molar-refractivity contribution in [2.24, 2.45) is 0 Å². The Kier molecular flexibility index (Phi) is 2.71. The summed E-state index contributed by atoms with van der Waals surface area (Å²) in [6.07, 6.45) is 1.80. The van der Waals surface area contributed by atoms with Gasteiger partial charge in [0.1, 0.15) is 11.6 Å². The second-order valence-electron chi connectivity index (χ2n) is 4.46. The summed E-state index contributed by atoms with van der Waals surface area (Å²) in [6, 6.07) is 11.2. The highest BCUT2D eigenvalue weighted by Crippen LogP contribution is 2.21. The Morgan fingerprint density at radius 2 is 1.74 bits per heavy atom. The number of nitrogens with two attached hydrogens (primary N) is 1. The van der Waals surface area contributed by atoms with Gasteiger partial charge in [-0.15, -0.1) is 0 Å². The molecular weight excluding hydrogens is 246 g/mol. The first kappa shape index (κ1) is 11.7. The van der Waals surface area contributed by atoms with E-state index < -0.39 is 11.6 Å². The molecule has 0 unspecified atom stereocenters. The number of benzene rings is 2. The predicted octanol–water partition coefficient (Wildman–Crippen LogP) is 3.55. The maximum absolute atomic E-state index is 13.6. The van der Waals surface area contributed by atoms with Crippen molar-refractivity contribution in [2.75, 3.05) is 5.73 Å². The van der Waals surface area contributed by atoms with Gasteiger partial charge >= 0.3 is 0 Å². The van der Waals surface area contributed by atoms with E-state index in [-0.39, 0.29) is 12.1 Å². The summed E-state index contributed by atoms with van der Waals surface area (Å²) in [4.78, 5) is 0. The van der Waals surface area contributed by atoms with E-state index in [2.05, 4.69) is 0 Å². The minimum atomic E-state index is -0.530. The highest BCUT2D eigenvalue weighted by atomic mass is 19.1. The average Bonchev–Trinajstić information content (AvgIpc) is 2.76. The van der Waals surface area contributed by atoms with Crippen LogP contribution in [0.3, 0.4) is 0 Å². The third-order valence-corrected chi connectivity index (χ3v) is 3.19. The van der Waals surface area contributed by atoms with Gasteiger partial charge in [-0.05, 0) is 36.4 Å². The summed E-state index contributed by atoms with van der Waals surface area (Å²) in [5.74, 6) is -1.06. The molecule has 3 rings (SSSR count). The van der Waals surface area contributed by atoms with Gasteiger partial charge in [0.05, 0.1) is 6.54 Å². The zero-order valence-corrected chi connectivity index (χ0v) is 10.1. The Bertz CT molecular complexity index is 727. The van der Waals surface area contributed by atoms with E-state index in [1.807, 2.05) is 18.2 Å². The molecule has 0 spiro atoms. The molecule has 0 amide bonds. The summed E-state index contributed by atoms with van der Waals surface area (Å²) in [5.41, 5.74) is 7.34. The normalized spacial score (nSPS) is 11.1. The number of aromatic nitrogens is 1. The average molecular weight is 258 g/mol. The molecule has 0 aliphatic heterocycles. The van der Waals surface area contributed by atoms with E-state index in [0.717, 1.165) is 10.9 Å². The predicted molar refractivity (Wildman–Crippen MR) is 71.8 cm³/mol. The van der Waals surface area contributed by atoms with Crippen molar-refractivity contribution in [3.8, 4) is 0 Å². The monoisotopic (exact) mass is 258 g/mol. The van der Waals surface area contributed by atoms with Crippen LogP contribution in [0.15, 0.2) is 48.7 Å². The number of nitrogens with zero attached hydrogens (tertiary/aromatic N) is 1. The van der Waals surface area contributed by atoms with Gasteiger partial charge in [-0.25, -0.2) is 8.78 Å². The highest BCUT2D eigenvalue weighted by molar-refractivity contribution is 5.83. The van der Waals surface area contributed by atoms with Crippen LogP contribution in [0.25, 0.3) is 10.9 Å². The van der Waals surface area contributed by atoms with Crippen LogP contribution in [0.2, 0.25) is 0 Å². The van der Waals surface area contributed by atoms with Crippen molar-refractivity contribution in [3.63, 3.8) is 0 Å². The number of rotatable bonds is 2. The van der Waals surface area contributed by atoms with Crippen LogP contribution in [0.1, 0.15) is 5.56 Å². The lowest BCUT2D eigenvalue weighted by Crippen LogP contribution is -2.03. The largest absolute Gasteiger partial charge is 0.399 e. The SMILES string of the molecule is Nc1ccc2c(ccn2Cc2c(F)cccc2F)c1. The summed E-state index contributed by atoms with van der Waals surface area (Å²) < 4.78 is 29.1. The topological polar surface area (TPSA) is 30.9 Å². The number of hydrogen-bond acceptors (Lipinski definition) is 1. The van der Waals surface area contributed by atoms with Gasteiger partial charge in [0, 0.05) is 28.4 Å². The molecule has 0 radical (unpaired) electrons. The molecule has 1 aromatic heterocycles. The van der Waals surface area contributed by atoms with Crippen LogP contribution in [0.5, 0.6) is 0 Å². The van der Waals surface area contributed by atoms with Crippen molar-refractivity contribution >= 4 is 16.6 Å². The molecular formula is C15H12F2N2. The number of fused-ring (bicyclic) bond motifs is 1. The Morgan fingerprint density at radius 3 is 2.47 bits per heavy atom. The minimum absolute atomic E-state index is 0.0665. The van der Waals surface area contributed by atoms with Crippen LogP contribution in [0.4, 0.5) is 14.5 Å². The van der Waals surface area contributed by atoms with E-state index in [1.165, 1.54) is 18.2 Å². The Hall–Kier alpha value is -2.36. The first-order chi connectivity index (χ1) is 9.15. The number of hydrogen-bond donors (Lipinski definition) is 1. The summed E-state index contributed by atoms with van der Waals surface area (Å²) in [5, 5.41) is 0.955. The molecule has 4 heteroatoms. The summed E-state index contributed by atoms with van der Waals surface area (Å²) in [6.45, 7) is 0.159. The van der Waals surface area contributed by atoms with Crippen molar-refractivity contribution in [3.05, 3.63) is 65.9 Å². The van der Waals surface area contributed by atoms with Crippen LogP contribution in [-0.4, -0.2) is 4.57 Å². The fraction of sp³-hybridized carbons (Fsp3) is 0.0667. The summed E-state index contributed by atoms with van der Waals surface area (Å²) in [7, 11) is 0. The molecule has 3 aromatic rings. The molecule has 2 nitrogen and oxygen atoms in total. The number of halogens is 2. The fourth-order valence-corrected chi connectivity index (χ4v) is 2.21. The molecule has 0 aliphatic carbocycles.